The first-order valence-corrected chi connectivity index (χ1v) is 16.6. The zero-order chi connectivity index (χ0) is 34.1. The number of nitrogens with zero attached hydrogens (tertiary/aromatic N) is 3. The summed E-state index contributed by atoms with van der Waals surface area (Å²) in [6.07, 6.45) is 5.45. The van der Waals surface area contributed by atoms with Crippen molar-refractivity contribution in [3.8, 4) is 0 Å². The second kappa shape index (κ2) is 16.6. The number of hydrogen-bond donors (Lipinski definition) is 3. The lowest BCUT2D eigenvalue weighted by Crippen LogP contribution is -2.52. The van der Waals surface area contributed by atoms with E-state index in [9.17, 15) is 28.0 Å². The summed E-state index contributed by atoms with van der Waals surface area (Å²) in [5.74, 6) is -3.30. The van der Waals surface area contributed by atoms with Crippen LogP contribution < -0.4 is 16.0 Å². The molecule has 3 N–H and O–H groups in total. The van der Waals surface area contributed by atoms with E-state index in [1.807, 2.05) is 6.92 Å². The van der Waals surface area contributed by atoms with Crippen molar-refractivity contribution in [2.45, 2.75) is 103 Å². The first-order chi connectivity index (χ1) is 22.5. The number of aryl methyl sites for hydroxylation is 1. The Kier molecular flexibility index (Phi) is 12.6. The maximum Gasteiger partial charge on any atom is 0.270 e. The van der Waals surface area contributed by atoms with E-state index in [1.165, 1.54) is 23.2 Å². The molecule has 1 saturated heterocycles. The second-order valence-electron chi connectivity index (χ2n) is 12.3. The molecule has 13 heteroatoms. The second-order valence-corrected chi connectivity index (χ2v) is 12.3. The van der Waals surface area contributed by atoms with E-state index in [2.05, 4.69) is 21.0 Å². The van der Waals surface area contributed by atoms with Gasteiger partial charge in [0.1, 0.15) is 23.6 Å². The average molecular weight is 659 g/mol. The van der Waals surface area contributed by atoms with E-state index in [1.54, 1.807) is 30.7 Å². The largest absolute Gasteiger partial charge is 0.344 e. The number of piperidine rings is 1. The van der Waals surface area contributed by atoms with Gasteiger partial charge in [0.15, 0.2) is 0 Å². The lowest BCUT2D eigenvalue weighted by atomic mass is 9.90. The van der Waals surface area contributed by atoms with E-state index < -0.39 is 47.6 Å². The van der Waals surface area contributed by atoms with Crippen LogP contribution in [0.25, 0.3) is 0 Å². The molecule has 256 valence electrons. The summed E-state index contributed by atoms with van der Waals surface area (Å²) >= 11 is 0. The van der Waals surface area contributed by atoms with Gasteiger partial charge in [-0.1, -0.05) is 45.6 Å². The lowest BCUT2D eigenvalue weighted by Gasteiger charge is -2.34. The highest BCUT2D eigenvalue weighted by Gasteiger charge is 2.35. The fourth-order valence-corrected chi connectivity index (χ4v) is 6.41. The third kappa shape index (κ3) is 9.01. The molecule has 1 aliphatic carbocycles. The maximum atomic E-state index is 15.6. The van der Waals surface area contributed by atoms with Crippen molar-refractivity contribution in [1.82, 2.24) is 25.3 Å². The van der Waals surface area contributed by atoms with E-state index in [-0.39, 0.29) is 55.4 Å². The molecule has 0 spiro atoms. The van der Waals surface area contributed by atoms with E-state index >= 15 is 4.39 Å². The number of hydrogen-bond acceptors (Lipinski definition) is 5. The molecule has 1 saturated carbocycles. The van der Waals surface area contributed by atoms with Crippen molar-refractivity contribution in [3.05, 3.63) is 59.2 Å². The fraction of sp³-hybridized carbons (Fsp3) is 0.559. The Morgan fingerprint density at radius 1 is 0.979 bits per heavy atom. The van der Waals surface area contributed by atoms with Gasteiger partial charge in [-0.25, -0.2) is 4.39 Å². The minimum absolute atomic E-state index is 0.0179. The van der Waals surface area contributed by atoms with E-state index in [0.717, 1.165) is 38.5 Å². The van der Waals surface area contributed by atoms with Crippen LogP contribution in [0.4, 0.5) is 18.9 Å². The van der Waals surface area contributed by atoms with Crippen LogP contribution in [0.5, 0.6) is 0 Å². The third-order valence-corrected chi connectivity index (χ3v) is 9.32. The van der Waals surface area contributed by atoms with Gasteiger partial charge in [0, 0.05) is 38.2 Å². The minimum atomic E-state index is -1.73. The van der Waals surface area contributed by atoms with Gasteiger partial charge in [-0.05, 0) is 67.9 Å². The highest BCUT2D eigenvalue weighted by Crippen LogP contribution is 2.30. The van der Waals surface area contributed by atoms with Gasteiger partial charge < -0.3 is 20.9 Å². The molecule has 0 bridgehead atoms. The number of aromatic nitrogens is 2. The Morgan fingerprint density at radius 2 is 1.66 bits per heavy atom. The molecule has 3 atom stereocenters. The van der Waals surface area contributed by atoms with E-state index in [0.29, 0.717) is 17.8 Å². The van der Waals surface area contributed by atoms with Crippen molar-refractivity contribution < 1.29 is 32.3 Å². The zero-order valence-electron chi connectivity index (χ0n) is 27.3. The molecule has 2 fully saturated rings. The van der Waals surface area contributed by atoms with Crippen molar-refractivity contribution >= 4 is 29.3 Å². The van der Waals surface area contributed by atoms with Crippen LogP contribution in [0.3, 0.4) is 0 Å². The third-order valence-electron chi connectivity index (χ3n) is 9.32. The summed E-state index contributed by atoms with van der Waals surface area (Å²) in [4.78, 5) is 54.3. The smallest absolute Gasteiger partial charge is 0.270 e. The van der Waals surface area contributed by atoms with Crippen molar-refractivity contribution in [3.63, 3.8) is 0 Å². The summed E-state index contributed by atoms with van der Waals surface area (Å²) in [7, 11) is 0. The number of carbonyl (C=O) groups excluding carboxylic acids is 4. The summed E-state index contributed by atoms with van der Waals surface area (Å²) in [6.45, 7) is 5.85. The average Bonchev–Trinajstić information content (AvgIpc) is 3.40. The quantitative estimate of drug-likeness (QED) is 0.274. The number of amides is 4. The molecule has 47 heavy (non-hydrogen) atoms. The molecular weight excluding hydrogens is 613 g/mol. The van der Waals surface area contributed by atoms with Crippen LogP contribution in [0.15, 0.2) is 42.1 Å². The molecule has 1 aliphatic heterocycles. The Hall–Kier alpha value is -4.16. The van der Waals surface area contributed by atoms with Gasteiger partial charge >= 0.3 is 0 Å². The molecule has 4 amide bonds. The van der Waals surface area contributed by atoms with Crippen LogP contribution in [0, 0.1) is 11.7 Å². The van der Waals surface area contributed by atoms with Crippen molar-refractivity contribution in [2.24, 2.45) is 5.92 Å². The van der Waals surface area contributed by atoms with Gasteiger partial charge in [-0.15, -0.1) is 0 Å². The van der Waals surface area contributed by atoms with Crippen LogP contribution in [0.2, 0.25) is 0 Å². The van der Waals surface area contributed by atoms with Crippen LogP contribution in [-0.4, -0.2) is 63.5 Å². The molecule has 10 nitrogen and oxygen atoms in total. The predicted octanol–water partition coefficient (Wildman–Crippen LogP) is 5.52. The first-order valence-electron chi connectivity index (χ1n) is 16.6. The zero-order valence-corrected chi connectivity index (χ0v) is 27.3. The lowest BCUT2D eigenvalue weighted by molar-refractivity contribution is -0.137. The predicted molar refractivity (Wildman–Crippen MR) is 171 cm³/mol. The molecule has 2 heterocycles. The number of carbonyl (C=O) groups is 4. The van der Waals surface area contributed by atoms with Crippen molar-refractivity contribution in [1.29, 1.82) is 0 Å². The van der Waals surface area contributed by atoms with Gasteiger partial charge in [-0.3, -0.25) is 23.9 Å². The molecule has 1 aromatic heterocycles. The van der Waals surface area contributed by atoms with Gasteiger partial charge in [0.25, 0.3) is 12.0 Å². The SMILES string of the molecule is CCC(=O)N[C@@H](C(=O)N1CCC(=C(F)F)CC1)[C@@H](C)c1ccc(NC(=O)[C@@H](NC(=O)c2ccnn2CC)C2CCCCCC2)c(F)c1. The van der Waals surface area contributed by atoms with Crippen LogP contribution >= 0.6 is 0 Å². The van der Waals surface area contributed by atoms with Crippen LogP contribution in [-0.2, 0) is 20.9 Å². The number of nitrogens with one attached hydrogen (secondary N) is 3. The highest BCUT2D eigenvalue weighted by molar-refractivity contribution is 6.00. The van der Waals surface area contributed by atoms with Crippen molar-refractivity contribution in [2.75, 3.05) is 18.4 Å². The summed E-state index contributed by atoms with van der Waals surface area (Å²) in [6, 6.07) is 3.85. The first kappa shape index (κ1) is 35.7. The van der Waals surface area contributed by atoms with Gasteiger partial charge in [-0.2, -0.15) is 13.9 Å². The summed E-state index contributed by atoms with van der Waals surface area (Å²) in [5.41, 5.74) is 0.675. The molecule has 0 radical (unpaired) electrons. The Labute approximate surface area is 273 Å². The minimum Gasteiger partial charge on any atom is -0.344 e. The summed E-state index contributed by atoms with van der Waals surface area (Å²) < 4.78 is 43.3. The number of rotatable bonds is 11. The Balaban J connectivity index is 1.52. The molecule has 1 aromatic carbocycles. The number of benzene rings is 1. The molecule has 0 unspecified atom stereocenters. The van der Waals surface area contributed by atoms with Gasteiger partial charge in [0.2, 0.25) is 17.7 Å². The molecule has 2 aliphatic rings. The number of anilines is 1. The van der Waals surface area contributed by atoms with Gasteiger partial charge in [0.05, 0.1) is 5.69 Å². The molecular formula is C34H45F3N6O4. The monoisotopic (exact) mass is 658 g/mol. The topological polar surface area (TPSA) is 125 Å². The maximum absolute atomic E-state index is 15.6. The highest BCUT2D eigenvalue weighted by atomic mass is 19.3. The normalized spacial score (nSPS) is 17.7. The number of halogens is 3. The summed E-state index contributed by atoms with van der Waals surface area (Å²) in [5, 5.41) is 12.4. The number of likely N-dealkylation sites (tertiary alicyclic amines) is 1. The Morgan fingerprint density at radius 3 is 2.26 bits per heavy atom. The fourth-order valence-electron chi connectivity index (χ4n) is 6.41. The standard InChI is InChI=1S/C34H45F3N6O4/c1-4-28(44)40-29(34(47)42-18-15-23(16-19-42)31(36)37)21(3)24-12-13-26(25(35)20-24)39-33(46)30(22-10-8-6-7-9-11-22)41-32(45)27-14-17-38-43(27)5-2/h12-14,17,20-22,29-30H,4-11,15-16,18-19H2,1-3H3,(H,39,46)(H,40,44)(H,41,45)/t21-,29+,30-/m0/s1. The molecule has 2 aromatic rings. The van der Waals surface area contributed by atoms with E-state index in [4.69, 9.17) is 0 Å². The van der Waals surface area contributed by atoms with Crippen LogP contribution in [0.1, 0.15) is 101 Å². The Bertz CT molecular complexity index is 1460. The molecule has 4 rings (SSSR count).